The van der Waals surface area contributed by atoms with Crippen LogP contribution in [0.15, 0.2) is 51.9 Å². The van der Waals surface area contributed by atoms with E-state index < -0.39 is 0 Å². The molecule has 0 fully saturated rings. The van der Waals surface area contributed by atoms with Crippen molar-refractivity contribution in [3.63, 3.8) is 0 Å². The Bertz CT molecular complexity index is 822. The largest absolute Gasteiger partial charge is 0.490 e. The molecule has 5 nitrogen and oxygen atoms in total. The molecule has 0 atom stereocenters. The summed E-state index contributed by atoms with van der Waals surface area (Å²) in [6.07, 6.45) is 6.44. The molecule has 0 aliphatic heterocycles. The van der Waals surface area contributed by atoms with Crippen molar-refractivity contribution < 1.29 is 9.53 Å². The van der Waals surface area contributed by atoms with Gasteiger partial charge < -0.3 is 4.74 Å². The Kier molecular flexibility index (Phi) is 9.23. The van der Waals surface area contributed by atoms with E-state index in [2.05, 4.69) is 55.4 Å². The fourth-order valence-electron chi connectivity index (χ4n) is 2.28. The Morgan fingerprint density at radius 3 is 2.61 bits per heavy atom. The first kappa shape index (κ1) is 22.2. The quantitative estimate of drug-likeness (QED) is 0.293. The van der Waals surface area contributed by atoms with Crippen LogP contribution in [0.4, 0.5) is 5.13 Å². The molecule has 1 N–H and O–H groups in total. The van der Waals surface area contributed by atoms with Crippen LogP contribution in [0.2, 0.25) is 0 Å². The number of aromatic nitrogens is 2. The Hall–Kier alpha value is -2.12. The zero-order chi connectivity index (χ0) is 20.4. The number of benzene rings is 1. The van der Waals surface area contributed by atoms with Gasteiger partial charge in [-0.05, 0) is 69.7 Å². The highest BCUT2D eigenvalue weighted by atomic mass is 32.2. The van der Waals surface area contributed by atoms with Crippen molar-refractivity contribution in [2.45, 2.75) is 44.9 Å². The molecule has 0 spiro atoms. The Morgan fingerprint density at radius 2 is 1.93 bits per heavy atom. The van der Waals surface area contributed by atoms with Crippen molar-refractivity contribution in [3.8, 4) is 5.75 Å². The molecule has 7 heteroatoms. The third-order valence-corrected chi connectivity index (χ3v) is 5.64. The number of hydrogen-bond acceptors (Lipinski definition) is 6. The summed E-state index contributed by atoms with van der Waals surface area (Å²) >= 11 is 2.98. The molecule has 1 aromatic carbocycles. The highest BCUT2D eigenvalue weighted by molar-refractivity contribution is 8.01. The van der Waals surface area contributed by atoms with Gasteiger partial charge in [0.25, 0.3) is 5.91 Å². The first-order chi connectivity index (χ1) is 13.5. The van der Waals surface area contributed by atoms with Gasteiger partial charge in [0, 0.05) is 5.56 Å². The summed E-state index contributed by atoms with van der Waals surface area (Å²) in [7, 11) is 0. The number of ether oxygens (including phenoxy) is 1. The number of amides is 1. The van der Waals surface area contributed by atoms with Gasteiger partial charge in [0.15, 0.2) is 4.34 Å². The van der Waals surface area contributed by atoms with Gasteiger partial charge >= 0.3 is 0 Å². The fourth-order valence-corrected chi connectivity index (χ4v) is 3.93. The summed E-state index contributed by atoms with van der Waals surface area (Å²) in [4.78, 5) is 12.3. The van der Waals surface area contributed by atoms with Crippen molar-refractivity contribution in [2.24, 2.45) is 0 Å². The summed E-state index contributed by atoms with van der Waals surface area (Å²) < 4.78 is 6.59. The lowest BCUT2D eigenvalue weighted by atomic mass is 10.1. The highest BCUT2D eigenvalue weighted by Gasteiger charge is 2.10. The normalized spacial score (nSPS) is 11.2. The second kappa shape index (κ2) is 11.7. The lowest BCUT2D eigenvalue weighted by Gasteiger charge is -2.06. The Morgan fingerprint density at radius 1 is 1.18 bits per heavy atom. The van der Waals surface area contributed by atoms with Crippen molar-refractivity contribution >= 4 is 34.1 Å². The maximum absolute atomic E-state index is 12.3. The number of hydrogen-bond donors (Lipinski definition) is 1. The van der Waals surface area contributed by atoms with Gasteiger partial charge in [-0.2, -0.15) is 0 Å². The molecule has 0 saturated heterocycles. The second-order valence-corrected chi connectivity index (χ2v) is 8.95. The van der Waals surface area contributed by atoms with Gasteiger partial charge in [0.05, 0.1) is 0 Å². The number of thioether (sulfide) groups is 1. The summed E-state index contributed by atoms with van der Waals surface area (Å²) in [6.45, 7) is 8.92. The van der Waals surface area contributed by atoms with Crippen LogP contribution in [0.1, 0.15) is 50.9 Å². The van der Waals surface area contributed by atoms with Crippen LogP contribution in [0.25, 0.3) is 0 Å². The maximum atomic E-state index is 12.3. The minimum atomic E-state index is -0.203. The van der Waals surface area contributed by atoms with Crippen LogP contribution in [0, 0.1) is 0 Å². The summed E-state index contributed by atoms with van der Waals surface area (Å²) in [5, 5.41) is 11.3. The third kappa shape index (κ3) is 7.86. The van der Waals surface area contributed by atoms with Crippen LogP contribution < -0.4 is 10.1 Å². The van der Waals surface area contributed by atoms with Gasteiger partial charge in [0.2, 0.25) is 5.13 Å². The number of nitrogens with zero attached hydrogens (tertiary/aromatic N) is 2. The number of allylic oxidation sites excluding steroid dienone is 3. The van der Waals surface area contributed by atoms with Crippen molar-refractivity contribution in [1.29, 1.82) is 0 Å². The summed E-state index contributed by atoms with van der Waals surface area (Å²) in [6, 6.07) is 7.11. The molecule has 2 aromatic rings. The minimum Gasteiger partial charge on any atom is -0.490 e. The molecule has 0 unspecified atom stereocenters. The van der Waals surface area contributed by atoms with Gasteiger partial charge in [-0.15, -0.1) is 10.2 Å². The van der Waals surface area contributed by atoms with E-state index in [9.17, 15) is 4.79 Å². The van der Waals surface area contributed by atoms with E-state index in [0.717, 1.165) is 28.7 Å². The van der Waals surface area contributed by atoms with Gasteiger partial charge in [-0.1, -0.05) is 47.2 Å². The molecule has 0 radical (unpaired) electrons. The van der Waals surface area contributed by atoms with Gasteiger partial charge in [-0.3, -0.25) is 10.1 Å². The summed E-state index contributed by atoms with van der Waals surface area (Å²) in [5.41, 5.74) is 3.21. The molecule has 2 rings (SSSR count). The molecule has 28 heavy (non-hydrogen) atoms. The number of anilines is 1. The fraction of sp³-hybridized carbons (Fsp3) is 0.381. The molecule has 1 heterocycles. The lowest BCUT2D eigenvalue weighted by molar-refractivity contribution is 0.102. The number of carbonyl (C=O) groups is 1. The SMILES string of the molecule is CCSc1nnc(NC(=O)c2ccc(OCC=C(C)CCC=C(C)C)cc2)s1. The predicted molar refractivity (Wildman–Crippen MR) is 119 cm³/mol. The standard InChI is InChI=1S/C21H27N3O2S2/c1-5-27-21-24-23-20(28-21)22-19(25)17-9-11-18(12-10-17)26-14-13-16(4)8-6-7-15(2)3/h7,9-13H,5-6,8,14H2,1-4H3,(H,22,23,25). The van der Waals surface area contributed by atoms with E-state index in [-0.39, 0.29) is 5.91 Å². The highest BCUT2D eigenvalue weighted by Crippen LogP contribution is 2.25. The molecule has 0 saturated carbocycles. The molecule has 1 amide bonds. The summed E-state index contributed by atoms with van der Waals surface area (Å²) in [5.74, 6) is 1.46. The van der Waals surface area contributed by atoms with E-state index >= 15 is 0 Å². The number of rotatable bonds is 10. The average molecular weight is 418 g/mol. The lowest BCUT2D eigenvalue weighted by Crippen LogP contribution is -2.11. The predicted octanol–water partition coefficient (Wildman–Crippen LogP) is 5.97. The van der Waals surface area contributed by atoms with Crippen LogP contribution in [0.3, 0.4) is 0 Å². The number of carbonyl (C=O) groups excluding carboxylic acids is 1. The molecule has 0 bridgehead atoms. The van der Waals surface area contributed by atoms with Crippen LogP contribution in [0.5, 0.6) is 5.75 Å². The number of nitrogens with one attached hydrogen (secondary N) is 1. The first-order valence-corrected chi connectivity index (χ1v) is 11.1. The van der Waals surface area contributed by atoms with E-state index in [0.29, 0.717) is 17.3 Å². The van der Waals surface area contributed by atoms with Crippen LogP contribution in [-0.2, 0) is 0 Å². The first-order valence-electron chi connectivity index (χ1n) is 9.27. The Balaban J connectivity index is 1.81. The van der Waals surface area contributed by atoms with E-state index in [1.54, 1.807) is 36.0 Å². The Labute approximate surface area is 175 Å². The van der Waals surface area contributed by atoms with Gasteiger partial charge in [-0.25, -0.2) is 0 Å². The molecule has 0 aliphatic carbocycles. The van der Waals surface area contributed by atoms with Crippen LogP contribution in [-0.4, -0.2) is 28.5 Å². The molecular weight excluding hydrogens is 390 g/mol. The van der Waals surface area contributed by atoms with Crippen molar-refractivity contribution in [2.75, 3.05) is 17.7 Å². The molecule has 0 aliphatic rings. The second-order valence-electron chi connectivity index (χ2n) is 6.47. The van der Waals surface area contributed by atoms with Crippen molar-refractivity contribution in [1.82, 2.24) is 10.2 Å². The van der Waals surface area contributed by atoms with E-state index in [4.69, 9.17) is 4.74 Å². The maximum Gasteiger partial charge on any atom is 0.257 e. The smallest absolute Gasteiger partial charge is 0.257 e. The zero-order valence-electron chi connectivity index (χ0n) is 16.8. The zero-order valence-corrected chi connectivity index (χ0v) is 18.5. The molecule has 150 valence electrons. The monoisotopic (exact) mass is 417 g/mol. The molecular formula is C21H27N3O2S2. The van der Waals surface area contributed by atoms with E-state index in [1.165, 1.54) is 22.5 Å². The van der Waals surface area contributed by atoms with Crippen molar-refractivity contribution in [3.05, 3.63) is 53.1 Å². The van der Waals surface area contributed by atoms with Gasteiger partial charge in [0.1, 0.15) is 12.4 Å². The average Bonchev–Trinajstić information content (AvgIpc) is 3.09. The molecule has 1 aromatic heterocycles. The topological polar surface area (TPSA) is 64.1 Å². The van der Waals surface area contributed by atoms with Crippen LogP contribution >= 0.6 is 23.1 Å². The third-order valence-electron chi connectivity index (χ3n) is 3.78. The van der Waals surface area contributed by atoms with E-state index in [1.807, 2.05) is 0 Å². The minimum absolute atomic E-state index is 0.203.